The third-order valence-electron chi connectivity index (χ3n) is 7.47. The summed E-state index contributed by atoms with van der Waals surface area (Å²) in [6, 6.07) is 20.5. The van der Waals surface area contributed by atoms with Crippen molar-refractivity contribution >= 4 is 33.9 Å². The van der Waals surface area contributed by atoms with Gasteiger partial charge in [-0.3, -0.25) is 9.97 Å². The monoisotopic (exact) mass is 564 g/mol. The fraction of sp³-hybridized carbons (Fsp3) is 0.281. The van der Waals surface area contributed by atoms with E-state index in [1.165, 1.54) is 0 Å². The highest BCUT2D eigenvalue weighted by atomic mass is 35.5. The van der Waals surface area contributed by atoms with E-state index in [1.54, 1.807) is 12.4 Å². The standard InChI is InChI=1S/C32H33ClN8/c1-6-28(22-11-8-7-9-12-22)37-30-23(17-34)18-36-31-25(30)15-24(16-27(31)33)38-32(5,26-13-10-14-35-21(26)4)29-19-41(20(2)3)40-39-29/h7-16,18-20,28,38H,6H2,1-5H3,(H,36,37)/t28-,32?/m1/s1. The molecule has 0 aliphatic heterocycles. The summed E-state index contributed by atoms with van der Waals surface area (Å²) < 4.78 is 1.84. The van der Waals surface area contributed by atoms with E-state index < -0.39 is 5.54 Å². The quantitative estimate of drug-likeness (QED) is 0.190. The summed E-state index contributed by atoms with van der Waals surface area (Å²) in [5, 5.41) is 27.5. The van der Waals surface area contributed by atoms with Crippen LogP contribution in [0.25, 0.3) is 10.9 Å². The number of anilines is 2. The Morgan fingerprint density at radius 2 is 1.88 bits per heavy atom. The van der Waals surface area contributed by atoms with Gasteiger partial charge in [0.1, 0.15) is 17.3 Å². The number of hydrogen-bond donors (Lipinski definition) is 2. The number of aryl methyl sites for hydroxylation is 1. The van der Waals surface area contributed by atoms with Crippen LogP contribution in [0, 0.1) is 18.3 Å². The molecule has 208 valence electrons. The minimum absolute atomic E-state index is 0.00123. The highest BCUT2D eigenvalue weighted by Crippen LogP contribution is 2.39. The molecule has 0 amide bonds. The molecule has 0 radical (unpaired) electrons. The molecule has 2 N–H and O–H groups in total. The lowest BCUT2D eigenvalue weighted by atomic mass is 9.87. The first kappa shape index (κ1) is 28.1. The van der Waals surface area contributed by atoms with E-state index in [4.69, 9.17) is 11.6 Å². The summed E-state index contributed by atoms with van der Waals surface area (Å²) in [5.41, 5.74) is 5.45. The van der Waals surface area contributed by atoms with Crippen LogP contribution in [0.15, 0.2) is 73.2 Å². The number of pyridine rings is 2. The average Bonchev–Trinajstić information content (AvgIpc) is 3.48. The van der Waals surface area contributed by atoms with E-state index in [0.29, 0.717) is 21.8 Å². The summed E-state index contributed by atoms with van der Waals surface area (Å²) in [6.45, 7) is 10.3. The summed E-state index contributed by atoms with van der Waals surface area (Å²) in [5.74, 6) is 0. The van der Waals surface area contributed by atoms with Gasteiger partial charge in [-0.15, -0.1) is 5.10 Å². The minimum Gasteiger partial charge on any atom is -0.377 e. The predicted molar refractivity (Wildman–Crippen MR) is 164 cm³/mol. The Bertz CT molecular complexity index is 1720. The first-order chi connectivity index (χ1) is 19.7. The molecular formula is C32H33ClN8. The third kappa shape index (κ3) is 5.46. The number of halogens is 1. The fourth-order valence-corrected chi connectivity index (χ4v) is 5.45. The van der Waals surface area contributed by atoms with Crippen molar-refractivity contribution in [3.8, 4) is 6.07 Å². The second kappa shape index (κ2) is 11.6. The number of fused-ring (bicyclic) bond motifs is 1. The van der Waals surface area contributed by atoms with E-state index in [2.05, 4.69) is 76.8 Å². The zero-order valence-electron chi connectivity index (χ0n) is 23.9. The van der Waals surface area contributed by atoms with Gasteiger partial charge in [0.25, 0.3) is 0 Å². The molecule has 0 saturated carbocycles. The number of nitriles is 1. The maximum atomic E-state index is 10.0. The molecule has 0 bridgehead atoms. The summed E-state index contributed by atoms with van der Waals surface area (Å²) in [7, 11) is 0. The van der Waals surface area contributed by atoms with Crippen molar-refractivity contribution < 1.29 is 0 Å². The van der Waals surface area contributed by atoms with E-state index in [9.17, 15) is 5.26 Å². The van der Waals surface area contributed by atoms with Crippen molar-refractivity contribution in [1.82, 2.24) is 25.0 Å². The van der Waals surface area contributed by atoms with E-state index in [-0.39, 0.29) is 12.1 Å². The van der Waals surface area contributed by atoms with Crippen molar-refractivity contribution in [2.45, 2.75) is 58.7 Å². The van der Waals surface area contributed by atoms with Gasteiger partial charge >= 0.3 is 0 Å². The molecule has 9 heteroatoms. The number of nitrogens with one attached hydrogen (secondary N) is 2. The maximum Gasteiger partial charge on any atom is 0.112 e. The highest BCUT2D eigenvalue weighted by molar-refractivity contribution is 6.35. The first-order valence-corrected chi connectivity index (χ1v) is 14.1. The third-order valence-corrected chi connectivity index (χ3v) is 7.75. The van der Waals surface area contributed by atoms with Crippen LogP contribution in [0.5, 0.6) is 0 Å². The van der Waals surface area contributed by atoms with E-state index in [1.807, 2.05) is 60.3 Å². The Hall–Kier alpha value is -4.48. The summed E-state index contributed by atoms with van der Waals surface area (Å²) in [6.07, 6.45) is 6.14. The normalized spacial score (nSPS) is 13.5. The van der Waals surface area contributed by atoms with Crippen molar-refractivity contribution in [1.29, 1.82) is 5.26 Å². The topological polar surface area (TPSA) is 104 Å². The van der Waals surface area contributed by atoms with Crippen molar-refractivity contribution in [3.63, 3.8) is 0 Å². The van der Waals surface area contributed by atoms with E-state index in [0.717, 1.165) is 40.0 Å². The number of hydrogen-bond acceptors (Lipinski definition) is 7. The molecule has 2 aromatic carbocycles. The molecule has 2 atom stereocenters. The molecule has 41 heavy (non-hydrogen) atoms. The average molecular weight is 565 g/mol. The Balaban J connectivity index is 1.65. The van der Waals surface area contributed by atoms with Crippen LogP contribution >= 0.6 is 11.6 Å². The lowest BCUT2D eigenvalue weighted by Crippen LogP contribution is -2.35. The molecule has 0 spiro atoms. The summed E-state index contributed by atoms with van der Waals surface area (Å²) in [4.78, 5) is 9.10. The van der Waals surface area contributed by atoms with Gasteiger partial charge in [-0.05, 0) is 57.9 Å². The van der Waals surface area contributed by atoms with Gasteiger partial charge in [-0.1, -0.05) is 60.1 Å². The zero-order chi connectivity index (χ0) is 29.1. The van der Waals surface area contributed by atoms with Crippen LogP contribution in [0.3, 0.4) is 0 Å². The number of nitrogens with zero attached hydrogens (tertiary/aromatic N) is 6. The van der Waals surface area contributed by atoms with Crippen LogP contribution in [-0.4, -0.2) is 25.0 Å². The second-order valence-electron chi connectivity index (χ2n) is 10.6. The second-order valence-corrected chi connectivity index (χ2v) is 11.0. The highest BCUT2D eigenvalue weighted by Gasteiger charge is 2.34. The first-order valence-electron chi connectivity index (χ1n) is 13.7. The Labute approximate surface area is 245 Å². The maximum absolute atomic E-state index is 10.0. The number of rotatable bonds is 9. The molecule has 0 fully saturated rings. The number of aromatic nitrogens is 5. The smallest absolute Gasteiger partial charge is 0.112 e. The molecule has 5 rings (SSSR count). The van der Waals surface area contributed by atoms with Gasteiger partial charge in [-0.25, -0.2) is 4.68 Å². The van der Waals surface area contributed by atoms with Gasteiger partial charge < -0.3 is 10.6 Å². The lowest BCUT2D eigenvalue weighted by Gasteiger charge is -2.32. The zero-order valence-corrected chi connectivity index (χ0v) is 24.6. The van der Waals surface area contributed by atoms with Gasteiger partial charge in [0.2, 0.25) is 0 Å². The largest absolute Gasteiger partial charge is 0.377 e. The Morgan fingerprint density at radius 3 is 2.54 bits per heavy atom. The molecule has 0 aliphatic rings. The van der Waals surface area contributed by atoms with Crippen LogP contribution in [-0.2, 0) is 5.54 Å². The fourth-order valence-electron chi connectivity index (χ4n) is 5.18. The molecule has 5 aromatic rings. The number of benzene rings is 2. The van der Waals surface area contributed by atoms with Crippen molar-refractivity contribution in [2.24, 2.45) is 0 Å². The summed E-state index contributed by atoms with van der Waals surface area (Å²) >= 11 is 6.86. The van der Waals surface area contributed by atoms with Crippen LogP contribution < -0.4 is 10.6 Å². The van der Waals surface area contributed by atoms with Crippen LogP contribution in [0.4, 0.5) is 11.4 Å². The molecule has 8 nitrogen and oxygen atoms in total. The molecule has 0 saturated heterocycles. The van der Waals surface area contributed by atoms with Gasteiger partial charge in [-0.2, -0.15) is 5.26 Å². The predicted octanol–water partition coefficient (Wildman–Crippen LogP) is 7.57. The minimum atomic E-state index is -0.785. The Morgan fingerprint density at radius 1 is 1.10 bits per heavy atom. The van der Waals surface area contributed by atoms with Crippen LogP contribution in [0.1, 0.15) is 74.3 Å². The van der Waals surface area contributed by atoms with Crippen molar-refractivity contribution in [3.05, 3.63) is 106 Å². The van der Waals surface area contributed by atoms with E-state index >= 15 is 0 Å². The molecule has 1 unspecified atom stereocenters. The van der Waals surface area contributed by atoms with Gasteiger partial charge in [0.15, 0.2) is 0 Å². The molecule has 0 aliphatic carbocycles. The van der Waals surface area contributed by atoms with Gasteiger partial charge in [0, 0.05) is 40.8 Å². The van der Waals surface area contributed by atoms with Crippen LogP contribution in [0.2, 0.25) is 5.02 Å². The lowest BCUT2D eigenvalue weighted by molar-refractivity contribution is 0.514. The SMILES string of the molecule is CC[C@@H](Nc1c(C#N)cnc2c(Cl)cc(NC(C)(c3cn(C(C)C)nn3)c3cccnc3C)cc12)c1ccccc1. The molecule has 3 heterocycles. The molecule has 3 aromatic heterocycles. The Kier molecular flexibility index (Phi) is 7.91. The molecular weight excluding hydrogens is 532 g/mol. The van der Waals surface area contributed by atoms with Gasteiger partial charge in [0.05, 0.1) is 34.0 Å². The van der Waals surface area contributed by atoms with Crippen molar-refractivity contribution in [2.75, 3.05) is 10.6 Å².